The lowest BCUT2D eigenvalue weighted by Crippen LogP contribution is -2.30. The van der Waals surface area contributed by atoms with E-state index in [1.54, 1.807) is 4.68 Å². The highest BCUT2D eigenvalue weighted by Gasteiger charge is 2.20. The number of rotatable bonds is 4. The molecule has 3 rings (SSSR count). The van der Waals surface area contributed by atoms with Gasteiger partial charge in [-0.15, -0.1) is 0 Å². The standard InChI is InChI=1S/C19H23N5O/c1-6-16(18-20-10-21-24(18)5)23-19(25)15-9-12(3)22-17-13(4)11(2)7-8-14(15)17/h7-10,16H,6H2,1-5H3,(H,23,25). The summed E-state index contributed by atoms with van der Waals surface area (Å²) < 4.78 is 1.69. The van der Waals surface area contributed by atoms with E-state index in [0.717, 1.165) is 34.4 Å². The summed E-state index contributed by atoms with van der Waals surface area (Å²) in [4.78, 5) is 21.9. The van der Waals surface area contributed by atoms with Gasteiger partial charge in [0.15, 0.2) is 0 Å². The molecule has 0 aliphatic heterocycles. The minimum absolute atomic E-state index is 0.117. The van der Waals surface area contributed by atoms with Gasteiger partial charge in [-0.05, 0) is 44.4 Å². The Morgan fingerprint density at radius 2 is 2.04 bits per heavy atom. The molecule has 1 amide bonds. The minimum Gasteiger partial charge on any atom is -0.342 e. The molecule has 130 valence electrons. The van der Waals surface area contributed by atoms with Crippen molar-refractivity contribution in [1.82, 2.24) is 25.1 Å². The maximum Gasteiger partial charge on any atom is 0.252 e. The Kier molecular flexibility index (Phi) is 4.53. The molecule has 6 nitrogen and oxygen atoms in total. The van der Waals surface area contributed by atoms with Crippen molar-refractivity contribution in [3.63, 3.8) is 0 Å². The smallest absolute Gasteiger partial charge is 0.252 e. The molecule has 0 saturated carbocycles. The van der Waals surface area contributed by atoms with Crippen molar-refractivity contribution >= 4 is 16.8 Å². The summed E-state index contributed by atoms with van der Waals surface area (Å²) in [6.45, 7) is 8.03. The van der Waals surface area contributed by atoms with Gasteiger partial charge in [-0.25, -0.2) is 4.98 Å². The minimum atomic E-state index is -0.185. The van der Waals surface area contributed by atoms with Gasteiger partial charge >= 0.3 is 0 Å². The predicted octanol–water partition coefficient (Wildman–Crippen LogP) is 3.17. The molecule has 2 aromatic heterocycles. The third-order valence-electron chi connectivity index (χ3n) is 4.65. The fourth-order valence-electron chi connectivity index (χ4n) is 3.05. The predicted molar refractivity (Wildman–Crippen MR) is 97.5 cm³/mol. The number of carbonyl (C=O) groups excluding carboxylic acids is 1. The molecule has 3 aromatic rings. The lowest BCUT2D eigenvalue weighted by Gasteiger charge is -2.17. The number of aryl methyl sites for hydroxylation is 4. The molecule has 1 N–H and O–H groups in total. The molecule has 2 heterocycles. The fourth-order valence-corrected chi connectivity index (χ4v) is 3.05. The Bertz CT molecular complexity index is 944. The molecule has 0 fully saturated rings. The molecular formula is C19H23N5O. The number of benzene rings is 1. The SMILES string of the molecule is CCC(NC(=O)c1cc(C)nc2c(C)c(C)ccc12)c1ncnn1C. The van der Waals surface area contributed by atoms with E-state index in [4.69, 9.17) is 0 Å². The summed E-state index contributed by atoms with van der Waals surface area (Å²) in [6.07, 6.45) is 2.24. The normalized spacial score (nSPS) is 12.4. The molecule has 0 aliphatic rings. The van der Waals surface area contributed by atoms with Crippen molar-refractivity contribution in [2.24, 2.45) is 7.05 Å². The van der Waals surface area contributed by atoms with Crippen LogP contribution in [0.5, 0.6) is 0 Å². The van der Waals surface area contributed by atoms with Crippen LogP contribution in [0.3, 0.4) is 0 Å². The van der Waals surface area contributed by atoms with Crippen LogP contribution in [0.1, 0.15) is 52.4 Å². The molecule has 25 heavy (non-hydrogen) atoms. The van der Waals surface area contributed by atoms with Crippen LogP contribution in [0.2, 0.25) is 0 Å². The summed E-state index contributed by atoms with van der Waals surface area (Å²) >= 11 is 0. The summed E-state index contributed by atoms with van der Waals surface area (Å²) in [5.41, 5.74) is 4.64. The topological polar surface area (TPSA) is 72.7 Å². The Balaban J connectivity index is 2.02. The highest BCUT2D eigenvalue weighted by molar-refractivity contribution is 6.07. The van der Waals surface area contributed by atoms with E-state index in [1.807, 2.05) is 46.0 Å². The molecule has 6 heteroatoms. The quantitative estimate of drug-likeness (QED) is 0.793. The Hall–Kier alpha value is -2.76. The number of hydrogen-bond donors (Lipinski definition) is 1. The van der Waals surface area contributed by atoms with Crippen molar-refractivity contribution in [2.75, 3.05) is 0 Å². The Morgan fingerprint density at radius 1 is 1.28 bits per heavy atom. The van der Waals surface area contributed by atoms with Crippen LogP contribution in [0.25, 0.3) is 10.9 Å². The third kappa shape index (κ3) is 3.12. The zero-order valence-electron chi connectivity index (χ0n) is 15.3. The number of hydrogen-bond acceptors (Lipinski definition) is 4. The second-order valence-corrected chi connectivity index (χ2v) is 6.39. The van der Waals surface area contributed by atoms with Gasteiger partial charge in [-0.3, -0.25) is 14.5 Å². The first-order valence-corrected chi connectivity index (χ1v) is 8.44. The van der Waals surface area contributed by atoms with E-state index in [9.17, 15) is 4.79 Å². The van der Waals surface area contributed by atoms with Gasteiger partial charge in [-0.2, -0.15) is 5.10 Å². The molecule has 0 bridgehead atoms. The number of aromatic nitrogens is 4. The number of carbonyl (C=O) groups is 1. The van der Waals surface area contributed by atoms with E-state index in [0.29, 0.717) is 5.56 Å². The van der Waals surface area contributed by atoms with Crippen LogP contribution in [0, 0.1) is 20.8 Å². The average Bonchev–Trinajstić information content (AvgIpc) is 3.01. The number of pyridine rings is 1. The molecule has 0 spiro atoms. The van der Waals surface area contributed by atoms with E-state index in [-0.39, 0.29) is 11.9 Å². The highest BCUT2D eigenvalue weighted by atomic mass is 16.1. The first-order valence-electron chi connectivity index (χ1n) is 8.44. The first kappa shape index (κ1) is 17.1. The molecule has 1 atom stereocenters. The van der Waals surface area contributed by atoms with Crippen LogP contribution in [0.4, 0.5) is 0 Å². The second kappa shape index (κ2) is 6.63. The highest BCUT2D eigenvalue weighted by Crippen LogP contribution is 2.25. The molecule has 0 aliphatic carbocycles. The zero-order chi connectivity index (χ0) is 18.1. The number of nitrogens with one attached hydrogen (secondary N) is 1. The van der Waals surface area contributed by atoms with Gasteiger partial charge in [0.1, 0.15) is 12.2 Å². The third-order valence-corrected chi connectivity index (χ3v) is 4.65. The average molecular weight is 337 g/mol. The maximum absolute atomic E-state index is 13.0. The summed E-state index contributed by atoms with van der Waals surface area (Å²) in [5, 5.41) is 8.06. The molecule has 1 unspecified atom stereocenters. The number of nitrogens with zero attached hydrogens (tertiary/aromatic N) is 4. The number of amides is 1. The zero-order valence-corrected chi connectivity index (χ0v) is 15.3. The van der Waals surface area contributed by atoms with Crippen molar-refractivity contribution < 1.29 is 4.79 Å². The van der Waals surface area contributed by atoms with Gasteiger partial charge in [0.05, 0.1) is 17.1 Å². The van der Waals surface area contributed by atoms with Gasteiger partial charge in [0, 0.05) is 18.1 Å². The van der Waals surface area contributed by atoms with Crippen molar-refractivity contribution in [2.45, 2.75) is 40.2 Å². The first-order chi connectivity index (χ1) is 11.9. The van der Waals surface area contributed by atoms with Crippen LogP contribution in [-0.4, -0.2) is 25.7 Å². The summed E-state index contributed by atoms with van der Waals surface area (Å²) in [5.74, 6) is 0.631. The van der Waals surface area contributed by atoms with Crippen LogP contribution in [0.15, 0.2) is 24.5 Å². The molecule has 1 aromatic carbocycles. The molecular weight excluding hydrogens is 314 g/mol. The van der Waals surface area contributed by atoms with Crippen LogP contribution in [-0.2, 0) is 7.05 Å². The van der Waals surface area contributed by atoms with Gasteiger partial charge in [0.2, 0.25) is 0 Å². The van der Waals surface area contributed by atoms with E-state index < -0.39 is 0 Å². The van der Waals surface area contributed by atoms with Crippen LogP contribution < -0.4 is 5.32 Å². The Morgan fingerprint density at radius 3 is 2.68 bits per heavy atom. The fraction of sp³-hybridized carbons (Fsp3) is 0.368. The van der Waals surface area contributed by atoms with Crippen molar-refractivity contribution in [3.05, 3.63) is 52.7 Å². The molecule has 0 saturated heterocycles. The second-order valence-electron chi connectivity index (χ2n) is 6.39. The largest absolute Gasteiger partial charge is 0.342 e. The number of fused-ring (bicyclic) bond motifs is 1. The van der Waals surface area contributed by atoms with Gasteiger partial charge in [-0.1, -0.05) is 19.1 Å². The van der Waals surface area contributed by atoms with Crippen LogP contribution >= 0.6 is 0 Å². The van der Waals surface area contributed by atoms with Crippen molar-refractivity contribution in [3.8, 4) is 0 Å². The monoisotopic (exact) mass is 337 g/mol. The van der Waals surface area contributed by atoms with Gasteiger partial charge in [0.25, 0.3) is 5.91 Å². The van der Waals surface area contributed by atoms with E-state index in [2.05, 4.69) is 27.3 Å². The lowest BCUT2D eigenvalue weighted by atomic mass is 10.0. The lowest BCUT2D eigenvalue weighted by molar-refractivity contribution is 0.0934. The maximum atomic E-state index is 13.0. The summed E-state index contributed by atoms with van der Waals surface area (Å²) in [7, 11) is 1.83. The van der Waals surface area contributed by atoms with Crippen molar-refractivity contribution in [1.29, 1.82) is 0 Å². The molecule has 0 radical (unpaired) electrons. The van der Waals surface area contributed by atoms with E-state index in [1.165, 1.54) is 11.9 Å². The summed E-state index contributed by atoms with van der Waals surface area (Å²) in [6, 6.07) is 5.67. The van der Waals surface area contributed by atoms with E-state index >= 15 is 0 Å². The van der Waals surface area contributed by atoms with Gasteiger partial charge < -0.3 is 5.32 Å². The Labute approximate surface area is 147 Å².